The van der Waals surface area contributed by atoms with Gasteiger partial charge in [0.25, 0.3) is 0 Å². The van der Waals surface area contributed by atoms with Gasteiger partial charge in [-0.3, -0.25) is 4.81 Å². The van der Waals surface area contributed by atoms with E-state index in [1.165, 1.54) is 10.8 Å². The molecule has 2 aromatic carbocycles. The van der Waals surface area contributed by atoms with E-state index in [1.807, 2.05) is 6.07 Å². The molecule has 1 aliphatic heterocycles. The van der Waals surface area contributed by atoms with Gasteiger partial charge in [-0.15, -0.1) is 0 Å². The lowest BCUT2D eigenvalue weighted by Gasteiger charge is -1.98. The number of para-hydroxylation sites is 1. The summed E-state index contributed by atoms with van der Waals surface area (Å²) in [6.45, 7) is 0. The van der Waals surface area contributed by atoms with E-state index in [4.69, 9.17) is 9.69 Å². The quantitative estimate of drug-likeness (QED) is 0.518. The van der Waals surface area contributed by atoms with Crippen molar-refractivity contribution in [1.29, 1.82) is 0 Å². The van der Waals surface area contributed by atoms with E-state index in [2.05, 4.69) is 41.4 Å². The van der Waals surface area contributed by atoms with Crippen molar-refractivity contribution in [1.82, 2.24) is 4.98 Å². The molecule has 1 aromatic heterocycles. The lowest BCUT2D eigenvalue weighted by atomic mass is 9.83. The fourth-order valence-corrected chi connectivity index (χ4v) is 2.36. The summed E-state index contributed by atoms with van der Waals surface area (Å²) < 4.78 is 0. The van der Waals surface area contributed by atoms with Gasteiger partial charge in [0.1, 0.15) is 6.26 Å². The van der Waals surface area contributed by atoms with Crippen LogP contribution in [0.4, 0.5) is 0 Å². The van der Waals surface area contributed by atoms with Gasteiger partial charge in [0.05, 0.1) is 0 Å². The summed E-state index contributed by atoms with van der Waals surface area (Å²) in [6, 6.07) is 14.6. The van der Waals surface area contributed by atoms with Crippen molar-refractivity contribution in [3.63, 3.8) is 0 Å². The Kier molecular flexibility index (Phi) is 1.99. The van der Waals surface area contributed by atoms with Gasteiger partial charge < -0.3 is 9.87 Å². The number of aromatic nitrogens is 1. The van der Waals surface area contributed by atoms with Crippen molar-refractivity contribution in [2.24, 2.45) is 0 Å². The third-order valence-electron chi connectivity index (χ3n) is 3.25. The van der Waals surface area contributed by atoms with Crippen molar-refractivity contribution in [2.75, 3.05) is 0 Å². The maximum Gasteiger partial charge on any atom is 0.402 e. The van der Waals surface area contributed by atoms with Crippen LogP contribution >= 0.6 is 0 Å². The van der Waals surface area contributed by atoms with E-state index in [-0.39, 0.29) is 0 Å². The number of H-pyrrole nitrogens is 1. The van der Waals surface area contributed by atoms with Crippen LogP contribution in [0.25, 0.3) is 27.3 Å². The summed E-state index contributed by atoms with van der Waals surface area (Å²) in [5, 5.41) is 2.48. The van der Waals surface area contributed by atoms with Crippen LogP contribution in [-0.2, 0) is 9.69 Å². The fraction of sp³-hybridized carbons (Fsp3) is 0. The van der Waals surface area contributed by atoms with Gasteiger partial charge in [-0.25, -0.2) is 0 Å². The van der Waals surface area contributed by atoms with Gasteiger partial charge in [-0.05, 0) is 23.2 Å². The standard InChI is InChI=1S/C14H9BNO2/c1-2-4-13-10(3-1)11-6-5-9(7-14(11)16-13)12-8-17-18-15-12/h1-8,16H. The Morgan fingerprint density at radius 1 is 0.944 bits per heavy atom. The number of hydrogen-bond donors (Lipinski definition) is 1. The average Bonchev–Trinajstić information content (AvgIpc) is 3.05. The smallest absolute Gasteiger partial charge is 0.362 e. The van der Waals surface area contributed by atoms with Crippen molar-refractivity contribution in [2.45, 2.75) is 0 Å². The minimum Gasteiger partial charge on any atom is -0.362 e. The van der Waals surface area contributed by atoms with E-state index in [0.29, 0.717) is 0 Å². The molecule has 0 bridgehead atoms. The van der Waals surface area contributed by atoms with E-state index in [9.17, 15) is 0 Å². The largest absolute Gasteiger partial charge is 0.402 e. The maximum atomic E-state index is 4.75. The van der Waals surface area contributed by atoms with Crippen LogP contribution in [0.5, 0.6) is 0 Å². The Labute approximate surface area is 104 Å². The first-order chi connectivity index (χ1) is 8.92. The third kappa shape index (κ3) is 1.36. The first-order valence-corrected chi connectivity index (χ1v) is 5.78. The molecule has 0 saturated carbocycles. The molecule has 1 radical (unpaired) electrons. The zero-order valence-electron chi connectivity index (χ0n) is 9.51. The van der Waals surface area contributed by atoms with Crippen LogP contribution in [0.15, 0.2) is 48.7 Å². The number of nitrogens with one attached hydrogen (secondary N) is 1. The molecule has 0 fully saturated rings. The molecule has 18 heavy (non-hydrogen) atoms. The van der Waals surface area contributed by atoms with Gasteiger partial charge in [-0.2, -0.15) is 0 Å². The predicted molar refractivity (Wildman–Crippen MR) is 71.7 cm³/mol. The highest BCUT2D eigenvalue weighted by Gasteiger charge is 2.14. The maximum absolute atomic E-state index is 4.75. The van der Waals surface area contributed by atoms with Crippen LogP contribution in [0, 0.1) is 0 Å². The Morgan fingerprint density at radius 3 is 2.72 bits per heavy atom. The molecule has 0 aliphatic carbocycles. The molecule has 0 unspecified atom stereocenters. The monoisotopic (exact) mass is 234 g/mol. The first-order valence-electron chi connectivity index (χ1n) is 5.78. The van der Waals surface area contributed by atoms with Gasteiger partial charge in [0.15, 0.2) is 0 Å². The number of benzene rings is 2. The van der Waals surface area contributed by atoms with Gasteiger partial charge >= 0.3 is 7.48 Å². The lowest BCUT2D eigenvalue weighted by molar-refractivity contribution is -0.138. The Morgan fingerprint density at radius 2 is 1.83 bits per heavy atom. The molecule has 0 atom stereocenters. The van der Waals surface area contributed by atoms with Crippen LogP contribution in [0.2, 0.25) is 0 Å². The fourth-order valence-electron chi connectivity index (χ4n) is 2.36. The van der Waals surface area contributed by atoms with E-state index in [1.54, 1.807) is 13.7 Å². The summed E-state index contributed by atoms with van der Waals surface area (Å²) in [4.78, 5) is 12.9. The molecule has 0 spiro atoms. The minimum absolute atomic E-state index is 0.940. The predicted octanol–water partition coefficient (Wildman–Crippen LogP) is 3.20. The van der Waals surface area contributed by atoms with Crippen LogP contribution in [-0.4, -0.2) is 12.5 Å². The molecule has 85 valence electrons. The summed E-state index contributed by atoms with van der Waals surface area (Å²) in [5.41, 5.74) is 4.29. The van der Waals surface area contributed by atoms with Crippen LogP contribution in [0.1, 0.15) is 5.56 Å². The van der Waals surface area contributed by atoms with Crippen molar-refractivity contribution in [3.05, 3.63) is 54.3 Å². The Hall–Kier alpha value is -2.20. The number of fused-ring (bicyclic) bond motifs is 3. The number of rotatable bonds is 1. The SMILES string of the molecule is [B]1OOC=C1c1ccc2c(c1)[nH]c1ccccc12. The molecule has 1 N–H and O–H groups in total. The Bertz CT molecular complexity index is 776. The number of hydrogen-bond acceptors (Lipinski definition) is 2. The highest BCUT2D eigenvalue weighted by molar-refractivity contribution is 6.55. The van der Waals surface area contributed by atoms with E-state index < -0.39 is 0 Å². The van der Waals surface area contributed by atoms with E-state index in [0.717, 1.165) is 22.1 Å². The minimum atomic E-state index is 0.940. The van der Waals surface area contributed by atoms with Gasteiger partial charge in [0, 0.05) is 21.8 Å². The summed E-state index contributed by atoms with van der Waals surface area (Å²) in [7, 11) is 1.60. The number of aromatic amines is 1. The second-order valence-corrected chi connectivity index (χ2v) is 4.31. The van der Waals surface area contributed by atoms with Crippen molar-refractivity contribution < 1.29 is 9.69 Å². The summed E-state index contributed by atoms with van der Waals surface area (Å²) in [6.07, 6.45) is 1.60. The molecule has 3 nitrogen and oxygen atoms in total. The molecule has 0 saturated heterocycles. The average molecular weight is 234 g/mol. The van der Waals surface area contributed by atoms with Crippen molar-refractivity contribution in [3.8, 4) is 0 Å². The normalized spacial score (nSPS) is 14.6. The Balaban J connectivity index is 1.97. The van der Waals surface area contributed by atoms with Gasteiger partial charge in [-0.1, -0.05) is 30.3 Å². The molecular weight excluding hydrogens is 225 g/mol. The van der Waals surface area contributed by atoms with Crippen molar-refractivity contribution >= 4 is 34.8 Å². The first kappa shape index (κ1) is 9.80. The zero-order valence-corrected chi connectivity index (χ0v) is 9.51. The molecule has 3 aromatic rings. The lowest BCUT2D eigenvalue weighted by Crippen LogP contribution is -1.91. The molecule has 4 heteroatoms. The summed E-state index contributed by atoms with van der Waals surface area (Å²) in [5.74, 6) is 0. The molecule has 1 aliphatic rings. The highest BCUT2D eigenvalue weighted by Crippen LogP contribution is 2.28. The van der Waals surface area contributed by atoms with E-state index >= 15 is 0 Å². The van der Waals surface area contributed by atoms with Crippen LogP contribution < -0.4 is 0 Å². The zero-order chi connectivity index (χ0) is 11.9. The second-order valence-electron chi connectivity index (χ2n) is 4.31. The van der Waals surface area contributed by atoms with Crippen LogP contribution in [0.3, 0.4) is 0 Å². The van der Waals surface area contributed by atoms with Gasteiger partial charge in [0.2, 0.25) is 0 Å². The molecule has 2 heterocycles. The molecular formula is C14H9BNO2. The topological polar surface area (TPSA) is 34.2 Å². The summed E-state index contributed by atoms with van der Waals surface area (Å²) >= 11 is 0. The molecule has 0 amide bonds. The third-order valence-corrected chi connectivity index (χ3v) is 3.25. The molecule has 4 rings (SSSR count). The highest BCUT2D eigenvalue weighted by atomic mass is 17.2. The second kappa shape index (κ2) is 3.65.